The zero-order chi connectivity index (χ0) is 19.5. The van der Waals surface area contributed by atoms with Gasteiger partial charge in [0.15, 0.2) is 0 Å². The lowest BCUT2D eigenvalue weighted by Crippen LogP contribution is -2.51. The molecule has 1 saturated heterocycles. The molecule has 0 spiro atoms. The maximum Gasteiger partial charge on any atom is 0.254 e. The maximum atomic E-state index is 12.7. The molecule has 1 aliphatic heterocycles. The van der Waals surface area contributed by atoms with Gasteiger partial charge >= 0.3 is 0 Å². The Balaban J connectivity index is 1.35. The smallest absolute Gasteiger partial charge is 0.254 e. The maximum absolute atomic E-state index is 12.7. The van der Waals surface area contributed by atoms with Crippen LogP contribution in [0.1, 0.15) is 18.2 Å². The highest BCUT2D eigenvalue weighted by Gasteiger charge is 2.26. The lowest BCUT2D eigenvalue weighted by Gasteiger charge is -2.36. The van der Waals surface area contributed by atoms with Crippen molar-refractivity contribution in [2.45, 2.75) is 26.6 Å². The summed E-state index contributed by atoms with van der Waals surface area (Å²) in [5.74, 6) is 1.59. The van der Waals surface area contributed by atoms with Crippen LogP contribution in [0.15, 0.2) is 42.7 Å². The number of hydrogen-bond donors (Lipinski definition) is 0. The van der Waals surface area contributed by atoms with Crippen molar-refractivity contribution >= 4 is 17.5 Å². The van der Waals surface area contributed by atoms with Gasteiger partial charge in [-0.15, -0.1) is 0 Å². The molecule has 1 atom stereocenters. The number of aromatic nitrogens is 4. The molecule has 1 unspecified atom stereocenters. The van der Waals surface area contributed by atoms with Gasteiger partial charge in [0.25, 0.3) is 11.7 Å². The second-order valence-electron chi connectivity index (χ2n) is 6.98. The minimum Gasteiger partial charge on any atom is -0.364 e. The molecule has 8 nitrogen and oxygen atoms in total. The Kier molecular flexibility index (Phi) is 5.21. The van der Waals surface area contributed by atoms with Crippen LogP contribution < -0.4 is 4.90 Å². The number of anilines is 1. The number of ether oxygens (including phenoxy) is 1. The normalized spacial score (nSPS) is 15.8. The number of nitrogens with zero attached hydrogens (tertiary/aromatic N) is 6. The van der Waals surface area contributed by atoms with Crippen LogP contribution in [-0.2, 0) is 16.1 Å². The Hall–Kier alpha value is -3.00. The van der Waals surface area contributed by atoms with Crippen LogP contribution in [0.4, 0.5) is 5.82 Å². The lowest BCUT2D eigenvalue weighted by molar-refractivity contribution is -0.143. The quantitative estimate of drug-likeness (QED) is 0.670. The summed E-state index contributed by atoms with van der Waals surface area (Å²) < 4.78 is 7.53. The predicted octanol–water partition coefficient (Wildman–Crippen LogP) is 1.69. The molecule has 0 aliphatic carbocycles. The fourth-order valence-corrected chi connectivity index (χ4v) is 3.42. The predicted molar refractivity (Wildman–Crippen MR) is 105 cm³/mol. The van der Waals surface area contributed by atoms with Crippen molar-refractivity contribution in [1.29, 1.82) is 0 Å². The Morgan fingerprint density at radius 2 is 1.93 bits per heavy atom. The standard InChI is InChI=1S/C20H24N6O2/c1-15-12-18(26-20(23-15)21-14-22-26)24-8-10-25(11-9-24)19(27)16(2)28-13-17-6-4-3-5-7-17/h3-7,12,14,16H,8-11,13H2,1-2H3. The number of benzene rings is 1. The Labute approximate surface area is 163 Å². The summed E-state index contributed by atoms with van der Waals surface area (Å²) in [7, 11) is 0. The first-order chi connectivity index (χ1) is 13.6. The molecule has 3 heterocycles. The summed E-state index contributed by atoms with van der Waals surface area (Å²) in [5, 5.41) is 4.27. The first-order valence-electron chi connectivity index (χ1n) is 9.48. The van der Waals surface area contributed by atoms with E-state index in [2.05, 4.69) is 20.0 Å². The van der Waals surface area contributed by atoms with Crippen LogP contribution >= 0.6 is 0 Å². The zero-order valence-electron chi connectivity index (χ0n) is 16.2. The van der Waals surface area contributed by atoms with Crippen molar-refractivity contribution in [3.8, 4) is 0 Å². The molecule has 1 aliphatic rings. The summed E-state index contributed by atoms with van der Waals surface area (Å²) >= 11 is 0. The van der Waals surface area contributed by atoms with E-state index in [-0.39, 0.29) is 5.91 Å². The van der Waals surface area contributed by atoms with Gasteiger partial charge in [0.2, 0.25) is 0 Å². The number of hydrogen-bond acceptors (Lipinski definition) is 6. The summed E-state index contributed by atoms with van der Waals surface area (Å²) in [4.78, 5) is 25.4. The van der Waals surface area contributed by atoms with Gasteiger partial charge in [0, 0.05) is 37.9 Å². The second-order valence-corrected chi connectivity index (χ2v) is 6.98. The Morgan fingerprint density at radius 1 is 1.18 bits per heavy atom. The van der Waals surface area contributed by atoms with Gasteiger partial charge in [-0.1, -0.05) is 30.3 Å². The van der Waals surface area contributed by atoms with Crippen LogP contribution in [0.3, 0.4) is 0 Å². The molecule has 2 aromatic heterocycles. The third-order valence-corrected chi connectivity index (χ3v) is 4.97. The van der Waals surface area contributed by atoms with E-state index in [0.29, 0.717) is 25.5 Å². The summed E-state index contributed by atoms with van der Waals surface area (Å²) in [5.41, 5.74) is 1.97. The van der Waals surface area contributed by atoms with Gasteiger partial charge in [0.05, 0.1) is 6.61 Å². The van der Waals surface area contributed by atoms with Crippen molar-refractivity contribution in [2.75, 3.05) is 31.1 Å². The fourth-order valence-electron chi connectivity index (χ4n) is 3.42. The van der Waals surface area contributed by atoms with E-state index < -0.39 is 6.10 Å². The highest BCUT2D eigenvalue weighted by Crippen LogP contribution is 2.18. The van der Waals surface area contributed by atoms with Crippen molar-refractivity contribution in [3.05, 3.63) is 54.0 Å². The molecule has 4 rings (SSSR count). The molecular formula is C20H24N6O2. The Morgan fingerprint density at radius 3 is 2.68 bits per heavy atom. The van der Waals surface area contributed by atoms with E-state index in [9.17, 15) is 4.79 Å². The van der Waals surface area contributed by atoms with E-state index in [4.69, 9.17) is 4.74 Å². The van der Waals surface area contributed by atoms with Crippen LogP contribution in [0, 0.1) is 6.92 Å². The van der Waals surface area contributed by atoms with Gasteiger partial charge in [-0.25, -0.2) is 4.98 Å². The number of carbonyl (C=O) groups excluding carboxylic acids is 1. The van der Waals surface area contributed by atoms with Crippen LogP contribution in [0.5, 0.6) is 0 Å². The van der Waals surface area contributed by atoms with E-state index in [1.54, 1.807) is 4.52 Å². The Bertz CT molecular complexity index is 950. The minimum atomic E-state index is -0.461. The van der Waals surface area contributed by atoms with E-state index >= 15 is 0 Å². The van der Waals surface area contributed by atoms with E-state index in [1.165, 1.54) is 6.33 Å². The molecule has 28 heavy (non-hydrogen) atoms. The second kappa shape index (κ2) is 7.93. The lowest BCUT2D eigenvalue weighted by atomic mass is 10.2. The summed E-state index contributed by atoms with van der Waals surface area (Å²) in [6.07, 6.45) is 1.05. The largest absolute Gasteiger partial charge is 0.364 e. The molecule has 3 aromatic rings. The van der Waals surface area contributed by atoms with Crippen LogP contribution in [0.25, 0.3) is 5.78 Å². The summed E-state index contributed by atoms with van der Waals surface area (Å²) in [6, 6.07) is 11.9. The number of rotatable bonds is 5. The number of amides is 1. The van der Waals surface area contributed by atoms with Crippen molar-refractivity contribution in [1.82, 2.24) is 24.5 Å². The SMILES string of the molecule is Cc1cc(N2CCN(C(=O)C(C)OCc3ccccc3)CC2)n2ncnc2n1. The molecule has 8 heteroatoms. The van der Waals surface area contributed by atoms with Gasteiger partial charge in [-0.05, 0) is 19.4 Å². The third-order valence-electron chi connectivity index (χ3n) is 4.97. The molecule has 146 valence electrons. The minimum absolute atomic E-state index is 0.0346. The molecule has 0 saturated carbocycles. The monoisotopic (exact) mass is 380 g/mol. The zero-order valence-corrected chi connectivity index (χ0v) is 16.2. The highest BCUT2D eigenvalue weighted by atomic mass is 16.5. The summed E-state index contributed by atoms with van der Waals surface area (Å²) in [6.45, 7) is 6.97. The average molecular weight is 380 g/mol. The number of piperazine rings is 1. The van der Waals surface area contributed by atoms with Crippen molar-refractivity contribution < 1.29 is 9.53 Å². The number of carbonyl (C=O) groups is 1. The van der Waals surface area contributed by atoms with E-state index in [1.807, 2.05) is 55.1 Å². The first kappa shape index (κ1) is 18.4. The van der Waals surface area contributed by atoms with Crippen molar-refractivity contribution in [3.63, 3.8) is 0 Å². The van der Waals surface area contributed by atoms with Gasteiger partial charge in [0.1, 0.15) is 18.2 Å². The van der Waals surface area contributed by atoms with E-state index in [0.717, 1.165) is 30.2 Å². The van der Waals surface area contributed by atoms with Crippen molar-refractivity contribution in [2.24, 2.45) is 0 Å². The van der Waals surface area contributed by atoms with Crippen LogP contribution in [0.2, 0.25) is 0 Å². The first-order valence-corrected chi connectivity index (χ1v) is 9.48. The molecule has 0 bridgehead atoms. The molecular weight excluding hydrogens is 356 g/mol. The van der Waals surface area contributed by atoms with Gasteiger partial charge in [-0.3, -0.25) is 4.79 Å². The molecule has 0 N–H and O–H groups in total. The molecule has 1 fully saturated rings. The molecule has 0 radical (unpaired) electrons. The topological polar surface area (TPSA) is 75.9 Å². The fraction of sp³-hybridized carbons (Fsp3) is 0.400. The number of aryl methyl sites for hydroxylation is 1. The third kappa shape index (κ3) is 3.82. The van der Waals surface area contributed by atoms with Gasteiger partial charge < -0.3 is 14.5 Å². The molecule has 1 amide bonds. The number of fused-ring (bicyclic) bond motifs is 1. The van der Waals surface area contributed by atoms with Gasteiger partial charge in [-0.2, -0.15) is 14.6 Å². The molecule has 1 aromatic carbocycles. The highest BCUT2D eigenvalue weighted by molar-refractivity contribution is 5.80. The van der Waals surface area contributed by atoms with Crippen LogP contribution in [-0.4, -0.2) is 62.7 Å². The average Bonchev–Trinajstić information content (AvgIpc) is 3.20.